The van der Waals surface area contributed by atoms with Crippen LogP contribution in [0.15, 0.2) is 60.7 Å². The van der Waals surface area contributed by atoms with Crippen molar-refractivity contribution in [3.63, 3.8) is 0 Å². The van der Waals surface area contributed by atoms with Crippen molar-refractivity contribution in [1.29, 1.82) is 0 Å². The molecule has 0 amide bonds. The number of rotatable bonds is 7. The molecule has 2 unspecified atom stereocenters. The molecule has 3 heteroatoms. The molecule has 0 fully saturated rings. The predicted molar refractivity (Wildman–Crippen MR) is 86.3 cm³/mol. The van der Waals surface area contributed by atoms with E-state index >= 15 is 0 Å². The lowest BCUT2D eigenvalue weighted by Crippen LogP contribution is -2.27. The maximum atomic E-state index is 10.9. The number of aliphatic hydroxyl groups is 2. The maximum Gasteiger partial charge on any atom is 0.0909 e. The lowest BCUT2D eigenvalue weighted by molar-refractivity contribution is 0.00823. The molecule has 0 heterocycles. The van der Waals surface area contributed by atoms with Gasteiger partial charge in [-0.2, -0.15) is 0 Å². The van der Waals surface area contributed by atoms with Gasteiger partial charge >= 0.3 is 0 Å². The summed E-state index contributed by atoms with van der Waals surface area (Å²) in [6.07, 6.45) is 0.864. The van der Waals surface area contributed by atoms with Crippen LogP contribution >= 0.6 is 11.6 Å². The lowest BCUT2D eigenvalue weighted by Gasteiger charge is -2.29. The fraction of sp³-hybridized carbons (Fsp3) is 0.333. The van der Waals surface area contributed by atoms with E-state index in [1.807, 2.05) is 60.7 Å². The molecule has 2 N–H and O–H groups in total. The average Bonchev–Trinajstić information content (AvgIpc) is 2.54. The highest BCUT2D eigenvalue weighted by atomic mass is 35.5. The Bertz CT molecular complexity index is 529. The summed E-state index contributed by atoms with van der Waals surface area (Å²) in [5.41, 5.74) is 0.739. The first-order valence-corrected chi connectivity index (χ1v) is 7.76. The Morgan fingerprint density at radius 2 is 1.48 bits per heavy atom. The third-order valence-electron chi connectivity index (χ3n) is 3.83. The monoisotopic (exact) mass is 304 g/mol. The van der Waals surface area contributed by atoms with Crippen molar-refractivity contribution in [2.24, 2.45) is 0 Å². The summed E-state index contributed by atoms with van der Waals surface area (Å²) in [5, 5.41) is 21.1. The molecule has 0 saturated heterocycles. The Kier molecular flexibility index (Phi) is 5.80. The normalized spacial score (nSPS) is 15.4. The average molecular weight is 305 g/mol. The van der Waals surface area contributed by atoms with Crippen molar-refractivity contribution >= 4 is 11.6 Å². The van der Waals surface area contributed by atoms with Gasteiger partial charge in [0, 0.05) is 5.88 Å². The smallest absolute Gasteiger partial charge is 0.0909 e. The zero-order valence-electron chi connectivity index (χ0n) is 12.0. The van der Waals surface area contributed by atoms with E-state index in [0.717, 1.165) is 11.1 Å². The molecule has 0 aromatic heterocycles. The summed E-state index contributed by atoms with van der Waals surface area (Å²) in [6, 6.07) is 19.1. The number of aliphatic hydroxyl groups excluding tert-OH is 1. The van der Waals surface area contributed by atoms with Crippen LogP contribution in [0.2, 0.25) is 0 Å². The van der Waals surface area contributed by atoms with Crippen LogP contribution in [0.4, 0.5) is 0 Å². The van der Waals surface area contributed by atoms with E-state index in [0.29, 0.717) is 25.1 Å². The molecule has 0 aliphatic rings. The second-order valence-electron chi connectivity index (χ2n) is 5.30. The highest BCUT2D eigenvalue weighted by Crippen LogP contribution is 2.33. The number of halogens is 1. The molecular formula is C18H21ClO2. The van der Waals surface area contributed by atoms with Crippen LogP contribution in [-0.4, -0.2) is 16.1 Å². The van der Waals surface area contributed by atoms with Crippen LogP contribution in [0.25, 0.3) is 0 Å². The van der Waals surface area contributed by atoms with Gasteiger partial charge < -0.3 is 10.2 Å². The van der Waals surface area contributed by atoms with Gasteiger partial charge in [0.1, 0.15) is 0 Å². The van der Waals surface area contributed by atoms with Gasteiger partial charge in [-0.25, -0.2) is 0 Å². The van der Waals surface area contributed by atoms with Gasteiger partial charge in [-0.05, 0) is 30.4 Å². The second kappa shape index (κ2) is 7.60. The van der Waals surface area contributed by atoms with Crippen molar-refractivity contribution in [1.82, 2.24) is 0 Å². The van der Waals surface area contributed by atoms with Gasteiger partial charge in [-0.15, -0.1) is 11.6 Å². The first-order valence-electron chi connectivity index (χ1n) is 7.22. The van der Waals surface area contributed by atoms with E-state index < -0.39 is 11.7 Å². The summed E-state index contributed by atoms with van der Waals surface area (Å²) in [7, 11) is 0. The molecule has 21 heavy (non-hydrogen) atoms. The van der Waals surface area contributed by atoms with Gasteiger partial charge in [-0.1, -0.05) is 60.7 Å². The zero-order chi connectivity index (χ0) is 15.1. The summed E-state index contributed by atoms with van der Waals surface area (Å²) >= 11 is 5.85. The fourth-order valence-electron chi connectivity index (χ4n) is 2.54. The topological polar surface area (TPSA) is 40.5 Å². The number of alkyl halides is 1. The van der Waals surface area contributed by atoms with E-state index in [9.17, 15) is 10.2 Å². The van der Waals surface area contributed by atoms with Crippen molar-refractivity contribution in [2.75, 3.05) is 5.88 Å². The highest BCUT2D eigenvalue weighted by Gasteiger charge is 2.29. The quantitative estimate of drug-likeness (QED) is 0.759. The van der Waals surface area contributed by atoms with Gasteiger partial charge in [0.05, 0.1) is 11.7 Å². The van der Waals surface area contributed by atoms with E-state index in [-0.39, 0.29) is 0 Å². The first-order chi connectivity index (χ1) is 10.2. The SMILES string of the molecule is OC(CCC(O)(CCCl)c1ccccc1)c1ccccc1. The lowest BCUT2D eigenvalue weighted by atomic mass is 9.85. The molecule has 2 aromatic rings. The number of benzene rings is 2. The Hall–Kier alpha value is -1.35. The Balaban J connectivity index is 2.07. The fourth-order valence-corrected chi connectivity index (χ4v) is 2.85. The molecule has 112 valence electrons. The van der Waals surface area contributed by atoms with E-state index in [4.69, 9.17) is 11.6 Å². The Morgan fingerprint density at radius 3 is 2.05 bits per heavy atom. The predicted octanol–water partition coefficient (Wildman–Crippen LogP) is 4.02. The second-order valence-corrected chi connectivity index (χ2v) is 5.68. The van der Waals surface area contributed by atoms with Gasteiger partial charge in [0.15, 0.2) is 0 Å². The van der Waals surface area contributed by atoms with Crippen LogP contribution in [0.3, 0.4) is 0 Å². The summed E-state index contributed by atoms with van der Waals surface area (Å²) in [5.74, 6) is 0.382. The third-order valence-corrected chi connectivity index (χ3v) is 4.02. The Labute approximate surface area is 131 Å². The van der Waals surface area contributed by atoms with E-state index in [1.54, 1.807) is 0 Å². The summed E-state index contributed by atoms with van der Waals surface area (Å²) in [4.78, 5) is 0. The minimum absolute atomic E-state index is 0.382. The van der Waals surface area contributed by atoms with Crippen molar-refractivity contribution < 1.29 is 10.2 Å². The van der Waals surface area contributed by atoms with Crippen LogP contribution in [-0.2, 0) is 5.60 Å². The molecule has 0 bridgehead atoms. The van der Waals surface area contributed by atoms with Crippen LogP contribution in [0, 0.1) is 0 Å². The molecule has 2 atom stereocenters. The largest absolute Gasteiger partial charge is 0.388 e. The van der Waals surface area contributed by atoms with Crippen molar-refractivity contribution in [3.05, 3.63) is 71.8 Å². The van der Waals surface area contributed by atoms with E-state index in [1.165, 1.54) is 0 Å². The molecule has 0 radical (unpaired) electrons. The standard InChI is InChI=1S/C18H21ClO2/c19-14-13-18(21,16-9-5-2-6-10-16)12-11-17(20)15-7-3-1-4-8-15/h1-10,17,20-21H,11-14H2. The minimum Gasteiger partial charge on any atom is -0.388 e. The van der Waals surface area contributed by atoms with Crippen molar-refractivity contribution in [3.8, 4) is 0 Å². The molecular weight excluding hydrogens is 284 g/mol. The van der Waals surface area contributed by atoms with Crippen LogP contribution in [0.1, 0.15) is 36.5 Å². The van der Waals surface area contributed by atoms with Gasteiger partial charge in [0.2, 0.25) is 0 Å². The molecule has 0 saturated carbocycles. The van der Waals surface area contributed by atoms with E-state index in [2.05, 4.69) is 0 Å². The van der Waals surface area contributed by atoms with Crippen LogP contribution < -0.4 is 0 Å². The molecule has 0 spiro atoms. The molecule has 2 nitrogen and oxygen atoms in total. The number of hydrogen-bond acceptors (Lipinski definition) is 2. The third kappa shape index (κ3) is 4.31. The van der Waals surface area contributed by atoms with Gasteiger partial charge in [-0.3, -0.25) is 0 Å². The molecule has 2 aromatic carbocycles. The number of hydrogen-bond donors (Lipinski definition) is 2. The molecule has 0 aliphatic carbocycles. The highest BCUT2D eigenvalue weighted by molar-refractivity contribution is 6.17. The first kappa shape index (κ1) is 16.0. The molecule has 2 rings (SSSR count). The molecule has 0 aliphatic heterocycles. The van der Waals surface area contributed by atoms with Gasteiger partial charge in [0.25, 0.3) is 0 Å². The minimum atomic E-state index is -0.987. The van der Waals surface area contributed by atoms with Crippen molar-refractivity contribution in [2.45, 2.75) is 31.0 Å². The Morgan fingerprint density at radius 1 is 0.905 bits per heavy atom. The maximum absolute atomic E-state index is 10.9. The summed E-state index contributed by atoms with van der Waals surface area (Å²) in [6.45, 7) is 0. The zero-order valence-corrected chi connectivity index (χ0v) is 12.7. The summed E-state index contributed by atoms with van der Waals surface area (Å²) < 4.78 is 0. The van der Waals surface area contributed by atoms with Crippen LogP contribution in [0.5, 0.6) is 0 Å².